The molecule has 0 bridgehead atoms. The van der Waals surface area contributed by atoms with Gasteiger partial charge >= 0.3 is 0 Å². The Morgan fingerprint density at radius 2 is 2.24 bits per heavy atom. The summed E-state index contributed by atoms with van der Waals surface area (Å²) >= 11 is 5.92. The fourth-order valence-electron chi connectivity index (χ4n) is 1.30. The van der Waals surface area contributed by atoms with Crippen molar-refractivity contribution in [3.8, 4) is 0 Å². The number of hydrogen-bond acceptors (Lipinski definition) is 4. The molecule has 1 aromatic carbocycles. The van der Waals surface area contributed by atoms with Crippen LogP contribution in [0.15, 0.2) is 18.2 Å². The first-order valence-electron chi connectivity index (χ1n) is 4.81. The number of non-ortho nitro benzene ring substituents is 1. The van der Waals surface area contributed by atoms with Gasteiger partial charge in [-0.2, -0.15) is 0 Å². The third kappa shape index (κ3) is 3.32. The van der Waals surface area contributed by atoms with E-state index in [0.717, 1.165) is 0 Å². The van der Waals surface area contributed by atoms with Gasteiger partial charge in [-0.1, -0.05) is 11.6 Å². The van der Waals surface area contributed by atoms with Crippen LogP contribution in [0.1, 0.15) is 0 Å². The zero-order chi connectivity index (χ0) is 13.0. The zero-order valence-corrected chi connectivity index (χ0v) is 10.2. The Balaban J connectivity index is 2.92. The van der Waals surface area contributed by atoms with Crippen LogP contribution in [-0.4, -0.2) is 31.5 Å². The number of hydrogen-bond donors (Lipinski definition) is 1. The number of anilines is 1. The fourth-order valence-corrected chi connectivity index (χ4v) is 1.62. The average molecular weight is 258 g/mol. The number of carbonyl (C=O) groups excluding carboxylic acids is 1. The van der Waals surface area contributed by atoms with Crippen LogP contribution >= 0.6 is 11.6 Å². The monoisotopic (exact) mass is 257 g/mol. The smallest absolute Gasteiger partial charge is 0.271 e. The summed E-state index contributed by atoms with van der Waals surface area (Å²) in [5.74, 6) is -0.165. The molecule has 6 nitrogen and oxygen atoms in total. The summed E-state index contributed by atoms with van der Waals surface area (Å²) in [6, 6.07) is 4.13. The highest BCUT2D eigenvalue weighted by Crippen LogP contribution is 2.28. The maximum Gasteiger partial charge on any atom is 0.271 e. The Kier molecular flexibility index (Phi) is 4.28. The Morgan fingerprint density at radius 3 is 2.71 bits per heavy atom. The summed E-state index contributed by atoms with van der Waals surface area (Å²) in [5.41, 5.74) is 0.493. The summed E-state index contributed by atoms with van der Waals surface area (Å²) < 4.78 is 0. The van der Waals surface area contributed by atoms with Crippen LogP contribution in [0.4, 0.5) is 11.4 Å². The highest BCUT2D eigenvalue weighted by molar-refractivity contribution is 6.33. The van der Waals surface area contributed by atoms with Gasteiger partial charge in [-0.15, -0.1) is 0 Å². The molecule has 0 atom stereocenters. The molecule has 7 heteroatoms. The van der Waals surface area contributed by atoms with Gasteiger partial charge in [0.15, 0.2) is 0 Å². The minimum atomic E-state index is -0.519. The number of amides is 1. The van der Waals surface area contributed by atoms with Crippen molar-refractivity contribution in [2.45, 2.75) is 0 Å². The molecule has 0 aromatic heterocycles. The molecule has 92 valence electrons. The van der Waals surface area contributed by atoms with Crippen molar-refractivity contribution in [3.05, 3.63) is 33.3 Å². The van der Waals surface area contributed by atoms with Crippen molar-refractivity contribution >= 4 is 28.9 Å². The molecular weight excluding hydrogens is 246 g/mol. The van der Waals surface area contributed by atoms with Gasteiger partial charge in [0.25, 0.3) is 5.69 Å². The van der Waals surface area contributed by atoms with Crippen LogP contribution < -0.4 is 10.2 Å². The first-order valence-corrected chi connectivity index (χ1v) is 5.19. The number of carbonyl (C=O) groups is 1. The number of nitrogens with one attached hydrogen (secondary N) is 1. The van der Waals surface area contributed by atoms with E-state index in [1.807, 2.05) is 0 Å². The summed E-state index contributed by atoms with van der Waals surface area (Å²) in [7, 11) is 3.22. The molecule has 0 fully saturated rings. The van der Waals surface area contributed by atoms with Gasteiger partial charge in [0.2, 0.25) is 5.91 Å². The maximum atomic E-state index is 11.2. The lowest BCUT2D eigenvalue weighted by Gasteiger charge is -2.19. The topological polar surface area (TPSA) is 75.5 Å². The molecule has 0 spiro atoms. The van der Waals surface area contributed by atoms with E-state index < -0.39 is 4.92 Å². The molecular formula is C10H12ClN3O3. The lowest BCUT2D eigenvalue weighted by Crippen LogP contribution is -2.33. The van der Waals surface area contributed by atoms with E-state index in [-0.39, 0.29) is 23.2 Å². The fraction of sp³-hybridized carbons (Fsp3) is 0.300. The molecule has 1 rings (SSSR count). The van der Waals surface area contributed by atoms with Crippen LogP contribution in [0.5, 0.6) is 0 Å². The van der Waals surface area contributed by atoms with Crippen molar-refractivity contribution < 1.29 is 9.72 Å². The molecule has 0 aliphatic carbocycles. The van der Waals surface area contributed by atoms with Crippen LogP contribution in [0.2, 0.25) is 5.02 Å². The minimum absolute atomic E-state index is 0.0768. The third-order valence-corrected chi connectivity index (χ3v) is 2.52. The van der Waals surface area contributed by atoms with Gasteiger partial charge in [-0.25, -0.2) is 0 Å². The molecule has 0 saturated carbocycles. The first-order chi connectivity index (χ1) is 7.95. The molecule has 0 aliphatic heterocycles. The van der Waals surface area contributed by atoms with Crippen LogP contribution in [0.25, 0.3) is 0 Å². The summed E-state index contributed by atoms with van der Waals surface area (Å²) in [4.78, 5) is 22.8. The van der Waals surface area contributed by atoms with Gasteiger partial charge in [0.05, 0.1) is 22.2 Å². The van der Waals surface area contributed by atoms with E-state index >= 15 is 0 Å². The number of nitrogens with zero attached hydrogens (tertiary/aromatic N) is 2. The number of halogens is 1. The normalized spacial score (nSPS) is 9.82. The number of likely N-dealkylation sites (N-methyl/N-ethyl adjacent to an activating group) is 2. The first kappa shape index (κ1) is 13.2. The zero-order valence-electron chi connectivity index (χ0n) is 9.44. The van der Waals surface area contributed by atoms with Gasteiger partial charge in [0, 0.05) is 26.2 Å². The average Bonchev–Trinajstić information content (AvgIpc) is 2.28. The Bertz CT molecular complexity index is 450. The molecule has 17 heavy (non-hydrogen) atoms. The van der Waals surface area contributed by atoms with Crippen molar-refractivity contribution in [2.75, 3.05) is 25.5 Å². The van der Waals surface area contributed by atoms with Crippen molar-refractivity contribution in [1.29, 1.82) is 0 Å². The van der Waals surface area contributed by atoms with Gasteiger partial charge in [0.1, 0.15) is 0 Å². The predicted molar refractivity (Wildman–Crippen MR) is 65.4 cm³/mol. The van der Waals surface area contributed by atoms with E-state index in [9.17, 15) is 14.9 Å². The molecule has 0 saturated heterocycles. The Hall–Kier alpha value is -1.82. The number of nitro groups is 1. The quantitative estimate of drug-likeness (QED) is 0.654. The number of nitro benzene ring substituents is 1. The maximum absolute atomic E-state index is 11.2. The van der Waals surface area contributed by atoms with Gasteiger partial charge in [-0.05, 0) is 6.07 Å². The third-order valence-electron chi connectivity index (χ3n) is 2.21. The van der Waals surface area contributed by atoms with Crippen LogP contribution in [0, 0.1) is 10.1 Å². The van der Waals surface area contributed by atoms with E-state index in [2.05, 4.69) is 5.32 Å². The van der Waals surface area contributed by atoms with E-state index in [0.29, 0.717) is 5.69 Å². The second-order valence-electron chi connectivity index (χ2n) is 3.42. The highest BCUT2D eigenvalue weighted by atomic mass is 35.5. The van der Waals surface area contributed by atoms with Crippen LogP contribution in [-0.2, 0) is 4.79 Å². The Labute approximate surface area is 103 Å². The predicted octanol–water partition coefficient (Wildman–Crippen LogP) is 1.43. The van der Waals surface area contributed by atoms with E-state index in [1.54, 1.807) is 11.9 Å². The summed E-state index contributed by atoms with van der Waals surface area (Å²) in [5, 5.41) is 13.3. The van der Waals surface area contributed by atoms with Crippen LogP contribution in [0.3, 0.4) is 0 Å². The second-order valence-corrected chi connectivity index (χ2v) is 3.83. The molecule has 0 heterocycles. The molecule has 1 amide bonds. The Morgan fingerprint density at radius 1 is 1.59 bits per heavy atom. The molecule has 0 radical (unpaired) electrons. The van der Waals surface area contributed by atoms with Crippen molar-refractivity contribution in [3.63, 3.8) is 0 Å². The highest BCUT2D eigenvalue weighted by Gasteiger charge is 2.13. The SMILES string of the molecule is CNC(=O)CN(C)c1ccc([N+](=O)[O-])cc1Cl. The molecule has 1 aromatic rings. The largest absolute Gasteiger partial charge is 0.364 e. The number of benzene rings is 1. The summed E-state index contributed by atoms with van der Waals surface area (Å²) in [6.07, 6.45) is 0. The van der Waals surface area contributed by atoms with Gasteiger partial charge in [-0.3, -0.25) is 14.9 Å². The lowest BCUT2D eigenvalue weighted by atomic mass is 10.2. The minimum Gasteiger partial charge on any atom is -0.364 e. The standard InChI is InChI=1S/C10H12ClN3O3/c1-12-10(15)6-13(2)9-4-3-7(14(16)17)5-8(9)11/h3-5H,6H2,1-2H3,(H,12,15). The number of rotatable bonds is 4. The van der Waals surface area contributed by atoms with E-state index in [4.69, 9.17) is 11.6 Å². The molecule has 0 unspecified atom stereocenters. The summed E-state index contributed by atoms with van der Waals surface area (Å²) in [6.45, 7) is 0.133. The second kappa shape index (κ2) is 5.49. The molecule has 0 aliphatic rings. The van der Waals surface area contributed by atoms with Crippen molar-refractivity contribution in [2.24, 2.45) is 0 Å². The van der Waals surface area contributed by atoms with E-state index in [1.165, 1.54) is 25.2 Å². The molecule has 1 N–H and O–H groups in total. The van der Waals surface area contributed by atoms with Gasteiger partial charge < -0.3 is 10.2 Å². The van der Waals surface area contributed by atoms with Crippen molar-refractivity contribution in [1.82, 2.24) is 5.32 Å². The lowest BCUT2D eigenvalue weighted by molar-refractivity contribution is -0.384.